The summed E-state index contributed by atoms with van der Waals surface area (Å²) in [7, 11) is 0. The number of nitrogens with zero attached hydrogens (tertiary/aromatic N) is 4. The van der Waals surface area contributed by atoms with Crippen molar-refractivity contribution in [2.24, 2.45) is 5.92 Å². The molecule has 2 aromatic rings. The average molecular weight is 428 g/mol. The number of aromatic nitrogens is 2. The van der Waals surface area contributed by atoms with E-state index in [4.69, 9.17) is 0 Å². The van der Waals surface area contributed by atoms with Gasteiger partial charge in [-0.15, -0.1) is 11.3 Å². The van der Waals surface area contributed by atoms with Crippen molar-refractivity contribution in [1.29, 1.82) is 0 Å². The van der Waals surface area contributed by atoms with Crippen molar-refractivity contribution in [3.63, 3.8) is 0 Å². The number of anilines is 1. The molecule has 7 nitrogen and oxygen atoms in total. The maximum atomic E-state index is 12.7. The van der Waals surface area contributed by atoms with Gasteiger partial charge in [-0.05, 0) is 50.3 Å². The van der Waals surface area contributed by atoms with Gasteiger partial charge in [0.25, 0.3) is 5.91 Å². The van der Waals surface area contributed by atoms with Gasteiger partial charge >= 0.3 is 0 Å². The van der Waals surface area contributed by atoms with E-state index in [1.54, 1.807) is 12.4 Å². The fourth-order valence-corrected chi connectivity index (χ4v) is 4.91. The first-order valence-electron chi connectivity index (χ1n) is 10.8. The normalized spacial score (nSPS) is 20.8. The molecular weight excluding hydrogens is 398 g/mol. The van der Waals surface area contributed by atoms with E-state index >= 15 is 0 Å². The SMILES string of the molecule is CC1CCCN(CC(=O)N2CCC(c3ccc(C(=O)Nc4nccs4)cn3)CC2)C1. The molecule has 4 rings (SSSR count). The molecule has 30 heavy (non-hydrogen) atoms. The molecule has 0 saturated carbocycles. The number of nitrogens with one attached hydrogen (secondary N) is 1. The minimum Gasteiger partial charge on any atom is -0.342 e. The first kappa shape index (κ1) is 20.9. The van der Waals surface area contributed by atoms with E-state index in [9.17, 15) is 9.59 Å². The van der Waals surface area contributed by atoms with Gasteiger partial charge in [0.2, 0.25) is 5.91 Å². The predicted octanol–water partition coefficient (Wildman–Crippen LogP) is 3.23. The molecule has 2 aliphatic rings. The van der Waals surface area contributed by atoms with Gasteiger partial charge in [0, 0.05) is 49.0 Å². The van der Waals surface area contributed by atoms with Crippen molar-refractivity contribution >= 4 is 28.3 Å². The molecule has 160 valence electrons. The smallest absolute Gasteiger partial charge is 0.259 e. The monoisotopic (exact) mass is 427 g/mol. The number of amides is 2. The molecule has 0 bridgehead atoms. The molecule has 0 spiro atoms. The molecule has 1 unspecified atom stereocenters. The molecular formula is C22H29N5O2S. The number of hydrogen-bond acceptors (Lipinski definition) is 6. The molecule has 2 aliphatic heterocycles. The standard InChI is InChI=1S/C22H29N5O2S/c1-16-3-2-9-26(14-16)15-20(28)27-10-6-17(7-11-27)19-5-4-18(13-24-19)21(29)25-22-23-8-12-30-22/h4-5,8,12-13,16-17H,2-3,6-7,9-11,14-15H2,1H3,(H,23,25,29). The maximum absolute atomic E-state index is 12.7. The summed E-state index contributed by atoms with van der Waals surface area (Å²) in [5, 5.41) is 5.18. The number of rotatable bonds is 5. The first-order chi connectivity index (χ1) is 14.6. The zero-order valence-electron chi connectivity index (χ0n) is 17.4. The fourth-order valence-electron chi connectivity index (χ4n) is 4.38. The van der Waals surface area contributed by atoms with Crippen LogP contribution in [0.3, 0.4) is 0 Å². The van der Waals surface area contributed by atoms with Crippen molar-refractivity contribution < 1.29 is 9.59 Å². The lowest BCUT2D eigenvalue weighted by atomic mass is 9.92. The van der Waals surface area contributed by atoms with Gasteiger partial charge in [0.05, 0.1) is 12.1 Å². The molecule has 4 heterocycles. The third-order valence-electron chi connectivity index (χ3n) is 6.07. The van der Waals surface area contributed by atoms with Gasteiger partial charge in [-0.25, -0.2) is 4.98 Å². The number of hydrogen-bond donors (Lipinski definition) is 1. The van der Waals surface area contributed by atoms with Gasteiger partial charge in [-0.3, -0.25) is 24.8 Å². The van der Waals surface area contributed by atoms with Gasteiger partial charge in [-0.2, -0.15) is 0 Å². The van der Waals surface area contributed by atoms with Crippen molar-refractivity contribution in [2.75, 3.05) is 38.0 Å². The molecule has 2 saturated heterocycles. The summed E-state index contributed by atoms with van der Waals surface area (Å²) in [6.45, 7) is 6.45. The van der Waals surface area contributed by atoms with Crippen molar-refractivity contribution in [1.82, 2.24) is 19.8 Å². The lowest BCUT2D eigenvalue weighted by Crippen LogP contribution is -2.46. The summed E-state index contributed by atoms with van der Waals surface area (Å²) in [6, 6.07) is 3.76. The number of carbonyl (C=O) groups is 2. The van der Waals surface area contributed by atoms with Crippen molar-refractivity contribution in [2.45, 2.75) is 38.5 Å². The van der Waals surface area contributed by atoms with Crippen LogP contribution in [0.25, 0.3) is 0 Å². The summed E-state index contributed by atoms with van der Waals surface area (Å²) in [6.07, 6.45) is 7.59. The topological polar surface area (TPSA) is 78.4 Å². The van der Waals surface area contributed by atoms with E-state index in [1.165, 1.54) is 24.2 Å². The Bertz CT molecular complexity index is 847. The highest BCUT2D eigenvalue weighted by Gasteiger charge is 2.27. The molecule has 1 N–H and O–H groups in total. The Kier molecular flexibility index (Phi) is 6.74. The van der Waals surface area contributed by atoms with Crippen LogP contribution < -0.4 is 5.32 Å². The Balaban J connectivity index is 1.26. The molecule has 1 atom stereocenters. The largest absolute Gasteiger partial charge is 0.342 e. The van der Waals surface area contributed by atoms with Gasteiger partial charge < -0.3 is 4.90 Å². The third kappa shape index (κ3) is 5.23. The average Bonchev–Trinajstić information content (AvgIpc) is 3.27. The predicted molar refractivity (Wildman–Crippen MR) is 118 cm³/mol. The summed E-state index contributed by atoms with van der Waals surface area (Å²) in [4.78, 5) is 37.9. The molecule has 0 radical (unpaired) electrons. The van der Waals surface area contributed by atoms with Gasteiger partial charge in [-0.1, -0.05) is 6.92 Å². The Morgan fingerprint density at radius 2 is 2.00 bits per heavy atom. The number of piperidine rings is 2. The van der Waals surface area contributed by atoms with E-state index in [-0.39, 0.29) is 11.8 Å². The maximum Gasteiger partial charge on any atom is 0.259 e. The number of pyridine rings is 1. The van der Waals surface area contributed by atoms with E-state index in [0.29, 0.717) is 29.1 Å². The Morgan fingerprint density at radius 1 is 1.17 bits per heavy atom. The van der Waals surface area contributed by atoms with Crippen molar-refractivity contribution in [3.8, 4) is 0 Å². The minimum atomic E-state index is -0.198. The molecule has 0 aliphatic carbocycles. The molecule has 8 heteroatoms. The minimum absolute atomic E-state index is 0.198. The van der Waals surface area contributed by atoms with Crippen molar-refractivity contribution in [3.05, 3.63) is 41.2 Å². The second-order valence-electron chi connectivity index (χ2n) is 8.40. The number of likely N-dealkylation sites (tertiary alicyclic amines) is 2. The lowest BCUT2D eigenvalue weighted by molar-refractivity contribution is -0.133. The lowest BCUT2D eigenvalue weighted by Gasteiger charge is -2.35. The highest BCUT2D eigenvalue weighted by molar-refractivity contribution is 7.13. The molecule has 2 aromatic heterocycles. The quantitative estimate of drug-likeness (QED) is 0.793. The Labute approximate surface area is 181 Å². The fraction of sp³-hybridized carbons (Fsp3) is 0.545. The van der Waals surface area contributed by atoms with E-state index in [0.717, 1.165) is 44.7 Å². The highest BCUT2D eigenvalue weighted by atomic mass is 32.1. The van der Waals surface area contributed by atoms with Crippen LogP contribution in [0.1, 0.15) is 54.6 Å². The van der Waals surface area contributed by atoms with Gasteiger partial charge in [0.1, 0.15) is 0 Å². The van der Waals surface area contributed by atoms with Crippen LogP contribution in [0.15, 0.2) is 29.9 Å². The summed E-state index contributed by atoms with van der Waals surface area (Å²) in [5.41, 5.74) is 1.52. The summed E-state index contributed by atoms with van der Waals surface area (Å²) in [5.74, 6) is 1.08. The van der Waals surface area contributed by atoms with Crippen LogP contribution >= 0.6 is 11.3 Å². The first-order valence-corrected chi connectivity index (χ1v) is 11.6. The second-order valence-corrected chi connectivity index (χ2v) is 9.30. The van der Waals surface area contributed by atoms with Crippen LogP contribution in [-0.2, 0) is 4.79 Å². The zero-order valence-corrected chi connectivity index (χ0v) is 18.2. The van der Waals surface area contributed by atoms with Crippen LogP contribution in [0.2, 0.25) is 0 Å². The summed E-state index contributed by atoms with van der Waals surface area (Å²) >= 11 is 1.39. The third-order valence-corrected chi connectivity index (χ3v) is 6.76. The van der Waals surface area contributed by atoms with E-state index in [1.807, 2.05) is 22.4 Å². The van der Waals surface area contributed by atoms with E-state index < -0.39 is 0 Å². The van der Waals surface area contributed by atoms with Gasteiger partial charge in [0.15, 0.2) is 5.13 Å². The molecule has 0 aromatic carbocycles. The molecule has 2 fully saturated rings. The highest BCUT2D eigenvalue weighted by Crippen LogP contribution is 2.27. The summed E-state index contributed by atoms with van der Waals surface area (Å²) < 4.78 is 0. The Morgan fingerprint density at radius 3 is 2.67 bits per heavy atom. The number of carbonyl (C=O) groups excluding carboxylic acids is 2. The molecule has 2 amide bonds. The van der Waals surface area contributed by atoms with E-state index in [2.05, 4.69) is 27.1 Å². The van der Waals surface area contributed by atoms with Crippen LogP contribution in [0.5, 0.6) is 0 Å². The van der Waals surface area contributed by atoms with Crippen LogP contribution in [-0.4, -0.2) is 64.3 Å². The Hall–Kier alpha value is -2.32. The number of thiazole rings is 1. The zero-order chi connectivity index (χ0) is 20.9. The van der Waals surface area contributed by atoms with Crippen LogP contribution in [0.4, 0.5) is 5.13 Å². The van der Waals surface area contributed by atoms with Crippen LogP contribution in [0, 0.1) is 5.92 Å². The second kappa shape index (κ2) is 9.66.